The number of aromatic nitrogens is 1. The smallest absolute Gasteiger partial charge is 0.276 e. The first-order chi connectivity index (χ1) is 11.1. The molecule has 23 heavy (non-hydrogen) atoms. The van der Waals surface area contributed by atoms with E-state index < -0.39 is 0 Å². The number of carbonyl (C=O) groups excluding carboxylic acids is 1. The van der Waals surface area contributed by atoms with Gasteiger partial charge in [0.05, 0.1) is 6.04 Å². The van der Waals surface area contributed by atoms with Gasteiger partial charge in [0.2, 0.25) is 0 Å². The van der Waals surface area contributed by atoms with Crippen LogP contribution in [0.25, 0.3) is 0 Å². The molecule has 1 aromatic carbocycles. The van der Waals surface area contributed by atoms with Gasteiger partial charge in [-0.1, -0.05) is 18.2 Å². The van der Waals surface area contributed by atoms with E-state index in [4.69, 9.17) is 9.15 Å². The summed E-state index contributed by atoms with van der Waals surface area (Å²) in [4.78, 5) is 18.6. The van der Waals surface area contributed by atoms with Crippen molar-refractivity contribution in [3.63, 3.8) is 0 Å². The molecule has 2 aliphatic rings. The van der Waals surface area contributed by atoms with E-state index in [1.807, 2.05) is 32.2 Å². The number of nitrogens with zero attached hydrogens (tertiary/aromatic N) is 2. The first-order valence-corrected chi connectivity index (χ1v) is 8.10. The van der Waals surface area contributed by atoms with Crippen molar-refractivity contribution in [3.8, 4) is 5.75 Å². The average Bonchev–Trinajstić information content (AvgIpc) is 3.14. The van der Waals surface area contributed by atoms with Crippen LogP contribution in [0.4, 0.5) is 0 Å². The number of hydrogen-bond acceptors (Lipinski definition) is 4. The lowest BCUT2D eigenvalue weighted by atomic mass is 10.0. The summed E-state index contributed by atoms with van der Waals surface area (Å²) < 4.78 is 11.4. The van der Waals surface area contributed by atoms with Crippen molar-refractivity contribution in [3.05, 3.63) is 47.7 Å². The van der Waals surface area contributed by atoms with Gasteiger partial charge in [-0.15, -0.1) is 0 Å². The lowest BCUT2D eigenvalue weighted by Gasteiger charge is -2.28. The molecule has 0 spiro atoms. The Labute approximate surface area is 135 Å². The molecule has 1 aliphatic heterocycles. The van der Waals surface area contributed by atoms with Gasteiger partial charge in [0, 0.05) is 19.4 Å². The SMILES string of the molecule is CC(C1Cc2ccccc2O1)N(C)C(=O)c1ncoc1C1CC1. The summed E-state index contributed by atoms with van der Waals surface area (Å²) in [6.45, 7) is 2.02. The minimum absolute atomic E-state index is 0.0300. The fourth-order valence-electron chi connectivity index (χ4n) is 3.13. The normalized spacial score (nSPS) is 20.7. The van der Waals surface area contributed by atoms with Crippen molar-refractivity contribution < 1.29 is 13.9 Å². The molecule has 1 fully saturated rings. The van der Waals surface area contributed by atoms with Crippen molar-refractivity contribution in [2.75, 3.05) is 7.05 Å². The van der Waals surface area contributed by atoms with Gasteiger partial charge in [-0.25, -0.2) is 4.98 Å². The second-order valence-electron chi connectivity index (χ2n) is 6.46. The summed E-state index contributed by atoms with van der Waals surface area (Å²) in [5.41, 5.74) is 1.66. The largest absolute Gasteiger partial charge is 0.488 e. The van der Waals surface area contributed by atoms with Gasteiger partial charge in [0.25, 0.3) is 5.91 Å². The predicted molar refractivity (Wildman–Crippen MR) is 84.6 cm³/mol. The van der Waals surface area contributed by atoms with Crippen molar-refractivity contribution in [2.24, 2.45) is 0 Å². The van der Waals surface area contributed by atoms with E-state index in [-0.39, 0.29) is 18.1 Å². The Morgan fingerprint density at radius 1 is 1.35 bits per heavy atom. The number of ether oxygens (including phenoxy) is 1. The first kappa shape index (κ1) is 14.3. The summed E-state index contributed by atoms with van der Waals surface area (Å²) in [5, 5.41) is 0. The topological polar surface area (TPSA) is 55.6 Å². The number of oxazole rings is 1. The summed E-state index contributed by atoms with van der Waals surface area (Å²) in [5.74, 6) is 1.94. The number of carbonyl (C=O) groups is 1. The van der Waals surface area contributed by atoms with Crippen molar-refractivity contribution in [2.45, 2.75) is 44.2 Å². The predicted octanol–water partition coefficient (Wildman–Crippen LogP) is 3.02. The molecule has 1 aliphatic carbocycles. The van der Waals surface area contributed by atoms with Gasteiger partial charge < -0.3 is 14.1 Å². The third kappa shape index (κ3) is 2.50. The maximum Gasteiger partial charge on any atom is 0.276 e. The van der Waals surface area contributed by atoms with Crippen LogP contribution in [0.1, 0.15) is 47.5 Å². The van der Waals surface area contributed by atoms with Crippen molar-refractivity contribution in [1.82, 2.24) is 9.88 Å². The second-order valence-corrected chi connectivity index (χ2v) is 6.46. The molecule has 0 N–H and O–H groups in total. The number of rotatable bonds is 4. The van der Waals surface area contributed by atoms with Gasteiger partial charge in [0.1, 0.15) is 17.6 Å². The molecule has 2 unspecified atom stereocenters. The zero-order valence-corrected chi connectivity index (χ0v) is 13.4. The summed E-state index contributed by atoms with van der Waals surface area (Å²) in [7, 11) is 1.81. The van der Waals surface area contributed by atoms with E-state index in [9.17, 15) is 4.79 Å². The Kier molecular flexibility index (Phi) is 3.36. The summed E-state index contributed by atoms with van der Waals surface area (Å²) >= 11 is 0. The number of benzene rings is 1. The van der Waals surface area contributed by atoms with Crippen LogP contribution in [-0.2, 0) is 6.42 Å². The van der Waals surface area contributed by atoms with Crippen LogP contribution in [0.15, 0.2) is 35.1 Å². The number of para-hydroxylation sites is 1. The third-order valence-electron chi connectivity index (χ3n) is 4.89. The lowest BCUT2D eigenvalue weighted by Crippen LogP contribution is -2.45. The first-order valence-electron chi connectivity index (χ1n) is 8.10. The molecule has 2 aromatic rings. The molecular weight excluding hydrogens is 292 g/mol. The molecule has 0 bridgehead atoms. The Bertz CT molecular complexity index is 710. The highest BCUT2D eigenvalue weighted by atomic mass is 16.5. The Morgan fingerprint density at radius 3 is 2.87 bits per heavy atom. The molecule has 2 heterocycles. The molecule has 1 aromatic heterocycles. The van der Waals surface area contributed by atoms with Gasteiger partial charge in [0.15, 0.2) is 12.1 Å². The van der Waals surface area contributed by atoms with Crippen LogP contribution in [-0.4, -0.2) is 35.0 Å². The van der Waals surface area contributed by atoms with Crippen LogP contribution in [0.5, 0.6) is 5.75 Å². The fourth-order valence-corrected chi connectivity index (χ4v) is 3.13. The lowest BCUT2D eigenvalue weighted by molar-refractivity contribution is 0.0591. The summed E-state index contributed by atoms with van der Waals surface area (Å²) in [6, 6.07) is 8.00. The molecule has 0 radical (unpaired) electrons. The second kappa shape index (κ2) is 5.41. The van der Waals surface area contributed by atoms with Gasteiger partial charge >= 0.3 is 0 Å². The fraction of sp³-hybridized carbons (Fsp3) is 0.444. The van der Waals surface area contributed by atoms with Crippen LogP contribution < -0.4 is 4.74 Å². The third-order valence-corrected chi connectivity index (χ3v) is 4.89. The highest BCUT2D eigenvalue weighted by Crippen LogP contribution is 2.41. The highest BCUT2D eigenvalue weighted by molar-refractivity contribution is 5.93. The number of fused-ring (bicyclic) bond motifs is 1. The van der Waals surface area contributed by atoms with Crippen LogP contribution in [0, 0.1) is 0 Å². The van der Waals surface area contributed by atoms with Gasteiger partial charge in [-0.2, -0.15) is 0 Å². The monoisotopic (exact) mass is 312 g/mol. The van der Waals surface area contributed by atoms with Crippen LogP contribution in [0.2, 0.25) is 0 Å². The van der Waals surface area contributed by atoms with E-state index in [1.54, 1.807) is 4.90 Å². The quantitative estimate of drug-likeness (QED) is 0.871. The van der Waals surface area contributed by atoms with E-state index in [2.05, 4.69) is 11.1 Å². The van der Waals surface area contributed by atoms with Gasteiger partial charge in [-0.05, 0) is 31.4 Å². The molecule has 120 valence electrons. The van der Waals surface area contributed by atoms with Crippen LogP contribution >= 0.6 is 0 Å². The van der Waals surface area contributed by atoms with E-state index in [1.165, 1.54) is 12.0 Å². The van der Waals surface area contributed by atoms with Crippen LogP contribution in [0.3, 0.4) is 0 Å². The molecule has 1 saturated carbocycles. The van der Waals surface area contributed by atoms with Crippen molar-refractivity contribution in [1.29, 1.82) is 0 Å². The number of hydrogen-bond donors (Lipinski definition) is 0. The molecule has 5 heteroatoms. The molecular formula is C18H20N2O3. The average molecular weight is 312 g/mol. The Morgan fingerprint density at radius 2 is 2.13 bits per heavy atom. The molecule has 1 amide bonds. The number of amides is 1. The summed E-state index contributed by atoms with van der Waals surface area (Å²) in [6.07, 6.45) is 4.33. The maximum atomic E-state index is 12.8. The highest BCUT2D eigenvalue weighted by Gasteiger charge is 2.36. The van der Waals surface area contributed by atoms with E-state index >= 15 is 0 Å². The molecule has 5 nitrogen and oxygen atoms in total. The van der Waals surface area contributed by atoms with Crippen molar-refractivity contribution >= 4 is 5.91 Å². The molecule has 0 saturated heterocycles. The van der Waals surface area contributed by atoms with E-state index in [0.29, 0.717) is 11.6 Å². The molecule has 4 rings (SSSR count). The minimum atomic E-state index is -0.0901. The maximum absolute atomic E-state index is 12.8. The standard InChI is InChI=1S/C18H20N2O3/c1-11(15-9-13-5-3-4-6-14(13)23-15)20(2)18(21)16-17(12-7-8-12)22-10-19-16/h3-6,10-12,15H,7-9H2,1-2H3. The Balaban J connectivity index is 1.49. The Hall–Kier alpha value is -2.30. The zero-order valence-electron chi connectivity index (χ0n) is 13.4. The number of likely N-dealkylation sites (N-methyl/N-ethyl adjacent to an activating group) is 1. The van der Waals surface area contributed by atoms with Gasteiger partial charge in [-0.3, -0.25) is 4.79 Å². The minimum Gasteiger partial charge on any atom is -0.488 e. The molecule has 2 atom stereocenters. The van der Waals surface area contributed by atoms with E-state index in [0.717, 1.165) is 30.8 Å². The zero-order chi connectivity index (χ0) is 16.0.